The first kappa shape index (κ1) is 15.9. The highest BCUT2D eigenvalue weighted by molar-refractivity contribution is 9.10. The molecular formula is C14H16BrN3O2S. The Balaban J connectivity index is 1.78. The summed E-state index contributed by atoms with van der Waals surface area (Å²) in [6, 6.07) is 7.31. The number of nitrogens with one attached hydrogen (secondary N) is 1. The number of nitrogens with zero attached hydrogens (tertiary/aromatic N) is 2. The Morgan fingerprint density at radius 1 is 1.33 bits per heavy atom. The normalized spacial score (nSPS) is 10.4. The first-order valence-electron chi connectivity index (χ1n) is 6.68. The minimum Gasteiger partial charge on any atom is -0.484 e. The van der Waals surface area contributed by atoms with E-state index in [-0.39, 0.29) is 12.5 Å². The van der Waals surface area contributed by atoms with Gasteiger partial charge in [-0.25, -0.2) is 0 Å². The van der Waals surface area contributed by atoms with Crippen molar-refractivity contribution >= 4 is 38.3 Å². The number of unbranched alkanes of at least 4 members (excludes halogenated alkanes) is 1. The molecule has 0 saturated heterocycles. The molecule has 0 radical (unpaired) electrons. The minimum absolute atomic E-state index is 0.0501. The second kappa shape index (κ2) is 8.09. The van der Waals surface area contributed by atoms with E-state index in [0.29, 0.717) is 10.9 Å². The predicted molar refractivity (Wildman–Crippen MR) is 86.8 cm³/mol. The monoisotopic (exact) mass is 369 g/mol. The van der Waals surface area contributed by atoms with Crippen molar-refractivity contribution in [3.05, 3.63) is 33.7 Å². The smallest absolute Gasteiger partial charge is 0.264 e. The molecule has 21 heavy (non-hydrogen) atoms. The first-order chi connectivity index (χ1) is 10.2. The largest absolute Gasteiger partial charge is 0.484 e. The second-order valence-electron chi connectivity index (χ2n) is 4.40. The third kappa shape index (κ3) is 5.43. The van der Waals surface area contributed by atoms with Crippen LogP contribution in [0.15, 0.2) is 28.7 Å². The van der Waals surface area contributed by atoms with Gasteiger partial charge in [-0.2, -0.15) is 0 Å². The summed E-state index contributed by atoms with van der Waals surface area (Å²) in [5.74, 6) is 0.408. The molecular weight excluding hydrogens is 354 g/mol. The van der Waals surface area contributed by atoms with Crippen LogP contribution in [0.3, 0.4) is 0 Å². The molecule has 0 aliphatic heterocycles. The van der Waals surface area contributed by atoms with Crippen LogP contribution in [0.2, 0.25) is 0 Å². The fourth-order valence-electron chi connectivity index (χ4n) is 1.57. The van der Waals surface area contributed by atoms with Gasteiger partial charge in [0, 0.05) is 10.9 Å². The zero-order valence-electron chi connectivity index (χ0n) is 11.6. The molecule has 2 aromatic rings. The number of aromatic nitrogens is 2. The standard InChI is InChI=1S/C14H16BrN3O2S/c1-2-3-4-13-17-18-14(21-13)16-12(19)9-20-11-7-5-10(15)6-8-11/h5-8H,2-4,9H2,1H3,(H,16,18,19). The van der Waals surface area contributed by atoms with Crippen LogP contribution >= 0.6 is 27.3 Å². The average molecular weight is 370 g/mol. The number of carbonyl (C=O) groups is 1. The van der Waals surface area contributed by atoms with Crippen LogP contribution in [-0.2, 0) is 11.2 Å². The molecule has 1 aromatic carbocycles. The summed E-state index contributed by atoms with van der Waals surface area (Å²) >= 11 is 4.75. The molecule has 0 saturated carbocycles. The molecule has 7 heteroatoms. The van der Waals surface area contributed by atoms with Crippen LogP contribution in [0.5, 0.6) is 5.75 Å². The van der Waals surface area contributed by atoms with Gasteiger partial charge in [-0.3, -0.25) is 10.1 Å². The summed E-state index contributed by atoms with van der Waals surface area (Å²) in [5.41, 5.74) is 0. The van der Waals surface area contributed by atoms with Gasteiger partial charge in [-0.1, -0.05) is 40.6 Å². The van der Waals surface area contributed by atoms with E-state index >= 15 is 0 Å². The molecule has 0 unspecified atom stereocenters. The molecule has 1 heterocycles. The number of carbonyl (C=O) groups excluding carboxylic acids is 1. The number of aryl methyl sites for hydroxylation is 1. The van der Waals surface area contributed by atoms with Gasteiger partial charge in [-0.05, 0) is 30.7 Å². The third-order valence-electron chi connectivity index (χ3n) is 2.64. The van der Waals surface area contributed by atoms with Gasteiger partial charge in [0.05, 0.1) is 0 Å². The molecule has 0 atom stereocenters. The van der Waals surface area contributed by atoms with Crippen molar-refractivity contribution in [3.8, 4) is 5.75 Å². The molecule has 1 N–H and O–H groups in total. The Hall–Kier alpha value is -1.47. The van der Waals surface area contributed by atoms with Crippen LogP contribution in [0, 0.1) is 0 Å². The summed E-state index contributed by atoms with van der Waals surface area (Å²) in [7, 11) is 0. The van der Waals surface area contributed by atoms with Gasteiger partial charge < -0.3 is 4.74 Å². The molecule has 0 bridgehead atoms. The summed E-state index contributed by atoms with van der Waals surface area (Å²) in [4.78, 5) is 11.8. The minimum atomic E-state index is -0.240. The van der Waals surface area contributed by atoms with Crippen molar-refractivity contribution in [2.45, 2.75) is 26.2 Å². The second-order valence-corrected chi connectivity index (χ2v) is 6.37. The van der Waals surface area contributed by atoms with Crippen molar-refractivity contribution in [2.24, 2.45) is 0 Å². The number of anilines is 1. The molecule has 112 valence electrons. The maximum absolute atomic E-state index is 11.8. The molecule has 0 aliphatic rings. The van der Waals surface area contributed by atoms with Crippen LogP contribution in [0.25, 0.3) is 0 Å². The number of rotatable bonds is 7. The Labute approximate surface area is 135 Å². The van der Waals surface area contributed by atoms with Crippen LogP contribution in [-0.4, -0.2) is 22.7 Å². The molecule has 5 nitrogen and oxygen atoms in total. The van der Waals surface area contributed by atoms with Gasteiger partial charge in [0.1, 0.15) is 10.8 Å². The van der Waals surface area contributed by atoms with E-state index in [0.717, 1.165) is 28.7 Å². The quantitative estimate of drug-likeness (QED) is 0.808. The summed E-state index contributed by atoms with van der Waals surface area (Å²) in [6.45, 7) is 2.08. The Kier molecular flexibility index (Phi) is 6.13. The lowest BCUT2D eigenvalue weighted by atomic mass is 10.3. The van der Waals surface area contributed by atoms with Gasteiger partial charge in [0.2, 0.25) is 5.13 Å². The highest BCUT2D eigenvalue weighted by Gasteiger charge is 2.08. The molecule has 0 spiro atoms. The van der Waals surface area contributed by atoms with Crippen molar-refractivity contribution in [1.29, 1.82) is 0 Å². The van der Waals surface area contributed by atoms with Crippen molar-refractivity contribution in [1.82, 2.24) is 10.2 Å². The van der Waals surface area contributed by atoms with E-state index in [1.54, 1.807) is 12.1 Å². The van der Waals surface area contributed by atoms with E-state index in [2.05, 4.69) is 38.4 Å². The van der Waals surface area contributed by atoms with E-state index in [9.17, 15) is 4.79 Å². The lowest BCUT2D eigenvalue weighted by molar-refractivity contribution is -0.118. The topological polar surface area (TPSA) is 64.1 Å². The van der Waals surface area contributed by atoms with E-state index in [1.807, 2.05) is 12.1 Å². The number of benzene rings is 1. The maximum atomic E-state index is 11.8. The molecule has 0 aliphatic carbocycles. The average Bonchev–Trinajstić information content (AvgIpc) is 2.92. The van der Waals surface area contributed by atoms with Crippen LogP contribution in [0.1, 0.15) is 24.8 Å². The van der Waals surface area contributed by atoms with Crippen molar-refractivity contribution in [2.75, 3.05) is 11.9 Å². The molecule has 1 aromatic heterocycles. The molecule has 2 rings (SSSR count). The molecule has 1 amide bonds. The van der Waals surface area contributed by atoms with Gasteiger partial charge in [-0.15, -0.1) is 10.2 Å². The van der Waals surface area contributed by atoms with E-state index in [1.165, 1.54) is 11.3 Å². The van der Waals surface area contributed by atoms with Gasteiger partial charge in [0.15, 0.2) is 6.61 Å². The van der Waals surface area contributed by atoms with Crippen LogP contribution < -0.4 is 10.1 Å². The Morgan fingerprint density at radius 3 is 2.81 bits per heavy atom. The number of halogens is 1. The van der Waals surface area contributed by atoms with Gasteiger partial charge in [0.25, 0.3) is 5.91 Å². The Bertz CT molecular complexity index is 586. The highest BCUT2D eigenvalue weighted by atomic mass is 79.9. The fraction of sp³-hybridized carbons (Fsp3) is 0.357. The number of hydrogen-bond donors (Lipinski definition) is 1. The van der Waals surface area contributed by atoms with Crippen LogP contribution in [0.4, 0.5) is 5.13 Å². The third-order valence-corrected chi connectivity index (χ3v) is 4.07. The number of hydrogen-bond acceptors (Lipinski definition) is 5. The predicted octanol–water partition coefficient (Wildman–Crippen LogP) is 3.66. The van der Waals surface area contributed by atoms with Gasteiger partial charge >= 0.3 is 0 Å². The van der Waals surface area contributed by atoms with E-state index < -0.39 is 0 Å². The SMILES string of the molecule is CCCCc1nnc(NC(=O)COc2ccc(Br)cc2)s1. The molecule has 0 fully saturated rings. The van der Waals surface area contributed by atoms with Crippen molar-refractivity contribution in [3.63, 3.8) is 0 Å². The fourth-order valence-corrected chi connectivity index (χ4v) is 2.63. The highest BCUT2D eigenvalue weighted by Crippen LogP contribution is 2.18. The van der Waals surface area contributed by atoms with E-state index in [4.69, 9.17) is 4.74 Å². The number of ether oxygens (including phenoxy) is 1. The lowest BCUT2D eigenvalue weighted by Gasteiger charge is -2.05. The Morgan fingerprint density at radius 2 is 2.10 bits per heavy atom. The zero-order valence-corrected chi connectivity index (χ0v) is 14.0. The zero-order chi connectivity index (χ0) is 15.1. The number of amides is 1. The summed E-state index contributed by atoms with van der Waals surface area (Å²) < 4.78 is 6.36. The van der Waals surface area contributed by atoms with Crippen molar-refractivity contribution < 1.29 is 9.53 Å². The lowest BCUT2D eigenvalue weighted by Crippen LogP contribution is -2.20. The first-order valence-corrected chi connectivity index (χ1v) is 8.29. The maximum Gasteiger partial charge on any atom is 0.264 e. The summed E-state index contributed by atoms with van der Waals surface area (Å²) in [6.07, 6.45) is 3.09. The summed E-state index contributed by atoms with van der Waals surface area (Å²) in [5, 5.41) is 12.1.